The zero-order valence-corrected chi connectivity index (χ0v) is 27.4. The molecule has 50 heavy (non-hydrogen) atoms. The number of para-hydroxylation sites is 1. The maximum absolute atomic E-state index is 6.72. The van der Waals surface area contributed by atoms with E-state index in [4.69, 9.17) is 19.4 Å². The molecule has 0 fully saturated rings. The normalized spacial score (nSPS) is 11.6. The number of thiophene rings is 1. The number of hydrogen-bond donors (Lipinski definition) is 0. The van der Waals surface area contributed by atoms with Gasteiger partial charge in [0.2, 0.25) is 0 Å². The van der Waals surface area contributed by atoms with Crippen molar-refractivity contribution in [3.63, 3.8) is 0 Å². The Labute approximate surface area is 291 Å². The fourth-order valence-electron chi connectivity index (χ4n) is 6.88. The monoisotopic (exact) mass is 658 g/mol. The van der Waals surface area contributed by atoms with Crippen molar-refractivity contribution in [2.75, 3.05) is 0 Å². The van der Waals surface area contributed by atoms with E-state index in [0.717, 1.165) is 55.3 Å². The molecule has 0 amide bonds. The van der Waals surface area contributed by atoms with Crippen molar-refractivity contribution in [1.82, 2.24) is 19.9 Å². The summed E-state index contributed by atoms with van der Waals surface area (Å²) < 4.78 is 9.26. The SMILES string of the molecule is c1ccc(-c2nc(-c3ccc(-c4cccnc4)cc3)nc(-c3ccc(-c4cccc5c4sc4ccccc45)c4c3oc3ccccc34)n2)cc1. The Morgan fingerprint density at radius 1 is 0.440 bits per heavy atom. The van der Waals surface area contributed by atoms with Gasteiger partial charge in [-0.2, -0.15) is 0 Å². The summed E-state index contributed by atoms with van der Waals surface area (Å²) in [4.78, 5) is 19.5. The Morgan fingerprint density at radius 2 is 1.10 bits per heavy atom. The summed E-state index contributed by atoms with van der Waals surface area (Å²) in [6.07, 6.45) is 3.65. The lowest BCUT2D eigenvalue weighted by Gasteiger charge is -2.11. The van der Waals surface area contributed by atoms with Gasteiger partial charge in [0.05, 0.1) is 5.56 Å². The average molecular weight is 659 g/mol. The molecule has 234 valence electrons. The lowest BCUT2D eigenvalue weighted by molar-refractivity contribution is 0.669. The second kappa shape index (κ2) is 11.6. The van der Waals surface area contributed by atoms with Gasteiger partial charge in [0.1, 0.15) is 11.2 Å². The van der Waals surface area contributed by atoms with E-state index in [1.165, 1.54) is 25.7 Å². The fraction of sp³-hybridized carbons (Fsp3) is 0. The van der Waals surface area contributed by atoms with Crippen LogP contribution >= 0.6 is 11.3 Å². The minimum Gasteiger partial charge on any atom is -0.455 e. The van der Waals surface area contributed by atoms with Crippen LogP contribution in [0.3, 0.4) is 0 Å². The predicted molar refractivity (Wildman–Crippen MR) is 205 cm³/mol. The minimum atomic E-state index is 0.556. The van der Waals surface area contributed by atoms with Crippen LogP contribution in [0.15, 0.2) is 162 Å². The molecule has 4 aromatic heterocycles. The van der Waals surface area contributed by atoms with Gasteiger partial charge in [0, 0.05) is 60.0 Å². The number of furan rings is 1. The van der Waals surface area contributed by atoms with E-state index < -0.39 is 0 Å². The molecule has 0 saturated heterocycles. The Balaban J connectivity index is 1.20. The second-order valence-corrected chi connectivity index (χ2v) is 13.3. The molecule has 0 unspecified atom stereocenters. The first-order valence-electron chi connectivity index (χ1n) is 16.5. The van der Waals surface area contributed by atoms with Crippen LogP contribution in [-0.2, 0) is 0 Å². The predicted octanol–water partition coefficient (Wildman–Crippen LogP) is 11.9. The lowest BCUT2D eigenvalue weighted by atomic mass is 9.95. The highest BCUT2D eigenvalue weighted by atomic mass is 32.1. The highest BCUT2D eigenvalue weighted by Crippen LogP contribution is 2.46. The van der Waals surface area contributed by atoms with Gasteiger partial charge in [-0.15, -0.1) is 11.3 Å². The van der Waals surface area contributed by atoms with Crippen LogP contribution in [0.1, 0.15) is 0 Å². The summed E-state index contributed by atoms with van der Waals surface area (Å²) in [5, 5.41) is 4.64. The molecule has 6 heteroatoms. The molecule has 0 saturated carbocycles. The van der Waals surface area contributed by atoms with Crippen molar-refractivity contribution >= 4 is 53.4 Å². The number of rotatable bonds is 5. The number of aromatic nitrogens is 4. The fourth-order valence-corrected chi connectivity index (χ4v) is 8.11. The summed E-state index contributed by atoms with van der Waals surface area (Å²) in [5.41, 5.74) is 8.64. The van der Waals surface area contributed by atoms with E-state index in [-0.39, 0.29) is 0 Å². The molecule has 10 aromatic rings. The second-order valence-electron chi connectivity index (χ2n) is 12.2. The van der Waals surface area contributed by atoms with E-state index in [2.05, 4.69) is 102 Å². The summed E-state index contributed by atoms with van der Waals surface area (Å²) in [6, 6.07) is 50.1. The smallest absolute Gasteiger partial charge is 0.167 e. The molecular weight excluding hydrogens is 633 g/mol. The molecule has 0 aliphatic rings. The van der Waals surface area contributed by atoms with Crippen molar-refractivity contribution in [2.24, 2.45) is 0 Å². The third kappa shape index (κ3) is 4.69. The molecule has 0 bridgehead atoms. The third-order valence-electron chi connectivity index (χ3n) is 9.27. The number of nitrogens with zero attached hydrogens (tertiary/aromatic N) is 4. The van der Waals surface area contributed by atoms with Gasteiger partial charge >= 0.3 is 0 Å². The molecular formula is C44H26N4OS. The van der Waals surface area contributed by atoms with Gasteiger partial charge < -0.3 is 4.42 Å². The highest BCUT2D eigenvalue weighted by molar-refractivity contribution is 7.26. The highest BCUT2D eigenvalue weighted by Gasteiger charge is 2.22. The van der Waals surface area contributed by atoms with Crippen LogP contribution in [0.25, 0.3) is 98.5 Å². The molecule has 10 rings (SSSR count). The molecule has 0 spiro atoms. The van der Waals surface area contributed by atoms with E-state index in [9.17, 15) is 0 Å². The number of fused-ring (bicyclic) bond motifs is 6. The average Bonchev–Trinajstić information content (AvgIpc) is 3.78. The summed E-state index contributed by atoms with van der Waals surface area (Å²) in [7, 11) is 0. The first-order valence-corrected chi connectivity index (χ1v) is 17.3. The summed E-state index contributed by atoms with van der Waals surface area (Å²) in [6.45, 7) is 0. The van der Waals surface area contributed by atoms with Gasteiger partial charge in [0.25, 0.3) is 0 Å². The molecule has 4 heterocycles. The number of pyridine rings is 1. The number of hydrogen-bond acceptors (Lipinski definition) is 6. The molecule has 0 N–H and O–H groups in total. The molecule has 0 atom stereocenters. The number of benzene rings is 6. The Bertz CT molecular complexity index is 2860. The van der Waals surface area contributed by atoms with Crippen molar-refractivity contribution < 1.29 is 4.42 Å². The van der Waals surface area contributed by atoms with E-state index in [1.807, 2.05) is 66.1 Å². The summed E-state index contributed by atoms with van der Waals surface area (Å²) >= 11 is 1.83. The Kier molecular flexibility index (Phi) is 6.60. The van der Waals surface area contributed by atoms with Gasteiger partial charge in [-0.3, -0.25) is 4.98 Å². The maximum atomic E-state index is 6.72. The van der Waals surface area contributed by atoms with Crippen LogP contribution in [0.2, 0.25) is 0 Å². The van der Waals surface area contributed by atoms with Gasteiger partial charge in [-0.05, 0) is 41.0 Å². The molecule has 0 aliphatic heterocycles. The Hall–Kier alpha value is -6.50. The lowest BCUT2D eigenvalue weighted by Crippen LogP contribution is -2.00. The topological polar surface area (TPSA) is 64.7 Å². The minimum absolute atomic E-state index is 0.556. The third-order valence-corrected chi connectivity index (χ3v) is 10.5. The summed E-state index contributed by atoms with van der Waals surface area (Å²) in [5.74, 6) is 1.75. The zero-order valence-electron chi connectivity index (χ0n) is 26.6. The van der Waals surface area contributed by atoms with E-state index in [0.29, 0.717) is 17.5 Å². The van der Waals surface area contributed by atoms with Crippen molar-refractivity contribution in [3.05, 3.63) is 158 Å². The van der Waals surface area contributed by atoms with Crippen LogP contribution in [-0.4, -0.2) is 19.9 Å². The maximum Gasteiger partial charge on any atom is 0.167 e. The largest absolute Gasteiger partial charge is 0.455 e. The molecule has 0 aliphatic carbocycles. The molecule has 6 aromatic carbocycles. The molecule has 5 nitrogen and oxygen atoms in total. The van der Waals surface area contributed by atoms with Gasteiger partial charge in [0.15, 0.2) is 17.5 Å². The Morgan fingerprint density at radius 3 is 1.92 bits per heavy atom. The van der Waals surface area contributed by atoms with E-state index >= 15 is 0 Å². The van der Waals surface area contributed by atoms with Crippen molar-refractivity contribution in [3.8, 4) is 56.4 Å². The van der Waals surface area contributed by atoms with Gasteiger partial charge in [-0.25, -0.2) is 15.0 Å². The quantitative estimate of drug-likeness (QED) is 0.184. The van der Waals surface area contributed by atoms with Crippen LogP contribution in [0, 0.1) is 0 Å². The van der Waals surface area contributed by atoms with Crippen molar-refractivity contribution in [2.45, 2.75) is 0 Å². The standard InChI is InChI=1S/C44H26N4OS/c1-2-10-28(11-3-1)42-46-43(29-21-19-27(20-22-29)30-12-9-25-45-26-30)48-44(47-42)36-24-23-32(39-35-14-4-6-17-37(35)49-40(36)39)34-16-8-15-33-31-13-5-7-18-38(31)50-41(33)34/h1-26H. The van der Waals surface area contributed by atoms with Crippen molar-refractivity contribution in [1.29, 1.82) is 0 Å². The first-order chi connectivity index (χ1) is 24.8. The van der Waals surface area contributed by atoms with Crippen LogP contribution in [0.4, 0.5) is 0 Å². The van der Waals surface area contributed by atoms with Crippen LogP contribution in [0.5, 0.6) is 0 Å². The van der Waals surface area contributed by atoms with E-state index in [1.54, 1.807) is 6.20 Å². The van der Waals surface area contributed by atoms with Crippen LogP contribution < -0.4 is 0 Å². The first kappa shape index (κ1) is 28.5. The zero-order chi connectivity index (χ0) is 33.0. The van der Waals surface area contributed by atoms with Gasteiger partial charge in [-0.1, -0.05) is 121 Å². The molecule has 0 radical (unpaired) electrons.